The number of benzene rings is 1. The molecule has 0 aliphatic heterocycles. The quantitative estimate of drug-likeness (QED) is 0.676. The smallest absolute Gasteiger partial charge is 0.303 e. The second-order valence-electron chi connectivity index (χ2n) is 3.94. The van der Waals surface area contributed by atoms with Crippen LogP contribution in [0.1, 0.15) is 12.8 Å². The van der Waals surface area contributed by atoms with Gasteiger partial charge in [0.05, 0.1) is 6.61 Å². The Morgan fingerprint density at radius 1 is 1.37 bits per heavy atom. The SMILES string of the molecule is Nc1[nH]nnc1-c1ccc(OCCCC(=O)O)cc1. The van der Waals surface area contributed by atoms with Crippen LogP contribution in [0.5, 0.6) is 5.75 Å². The van der Waals surface area contributed by atoms with Crippen LogP contribution in [0.4, 0.5) is 5.82 Å². The molecular formula is C12H14N4O3. The van der Waals surface area contributed by atoms with Crippen LogP contribution in [0, 0.1) is 0 Å². The van der Waals surface area contributed by atoms with E-state index in [2.05, 4.69) is 15.4 Å². The van der Waals surface area contributed by atoms with Crippen molar-refractivity contribution in [3.63, 3.8) is 0 Å². The van der Waals surface area contributed by atoms with Gasteiger partial charge in [0.15, 0.2) is 0 Å². The number of anilines is 1. The second-order valence-corrected chi connectivity index (χ2v) is 3.94. The number of ether oxygens (including phenoxy) is 1. The first-order valence-electron chi connectivity index (χ1n) is 5.78. The molecule has 1 aromatic carbocycles. The Hall–Kier alpha value is -2.57. The number of nitrogens with two attached hydrogens (primary N) is 1. The van der Waals surface area contributed by atoms with Gasteiger partial charge in [-0.1, -0.05) is 5.21 Å². The first kappa shape index (κ1) is 12.9. The topological polar surface area (TPSA) is 114 Å². The summed E-state index contributed by atoms with van der Waals surface area (Å²) in [4.78, 5) is 10.3. The third-order valence-corrected chi connectivity index (χ3v) is 2.51. The van der Waals surface area contributed by atoms with Crippen LogP contribution in [0.25, 0.3) is 11.3 Å². The van der Waals surface area contributed by atoms with Gasteiger partial charge in [-0.05, 0) is 30.7 Å². The molecule has 1 aromatic heterocycles. The highest BCUT2D eigenvalue weighted by Crippen LogP contribution is 2.23. The van der Waals surface area contributed by atoms with Crippen LogP contribution < -0.4 is 10.5 Å². The Morgan fingerprint density at radius 3 is 2.68 bits per heavy atom. The monoisotopic (exact) mass is 262 g/mol. The van der Waals surface area contributed by atoms with E-state index in [1.165, 1.54) is 0 Å². The minimum Gasteiger partial charge on any atom is -0.494 e. The summed E-state index contributed by atoms with van der Waals surface area (Å²) >= 11 is 0. The van der Waals surface area contributed by atoms with Gasteiger partial charge in [0, 0.05) is 12.0 Å². The number of nitrogens with one attached hydrogen (secondary N) is 1. The predicted octanol–water partition coefficient (Wildman–Crippen LogP) is 1.30. The van der Waals surface area contributed by atoms with E-state index in [9.17, 15) is 4.79 Å². The van der Waals surface area contributed by atoms with Gasteiger partial charge >= 0.3 is 5.97 Å². The highest BCUT2D eigenvalue weighted by atomic mass is 16.5. The summed E-state index contributed by atoms with van der Waals surface area (Å²) in [5.74, 6) is 0.270. The highest BCUT2D eigenvalue weighted by molar-refractivity contribution is 5.69. The largest absolute Gasteiger partial charge is 0.494 e. The van der Waals surface area contributed by atoms with Crippen molar-refractivity contribution in [3.05, 3.63) is 24.3 Å². The summed E-state index contributed by atoms with van der Waals surface area (Å²) in [6, 6.07) is 7.20. The summed E-state index contributed by atoms with van der Waals surface area (Å²) in [5, 5.41) is 18.5. The molecule has 100 valence electrons. The van der Waals surface area contributed by atoms with Crippen LogP contribution >= 0.6 is 0 Å². The molecule has 0 bridgehead atoms. The van der Waals surface area contributed by atoms with Gasteiger partial charge in [0.2, 0.25) is 0 Å². The van der Waals surface area contributed by atoms with Gasteiger partial charge in [-0.25, -0.2) is 5.10 Å². The molecule has 0 saturated heterocycles. The lowest BCUT2D eigenvalue weighted by Crippen LogP contribution is -2.01. The molecule has 1 heterocycles. The molecule has 7 nitrogen and oxygen atoms in total. The molecule has 0 fully saturated rings. The van der Waals surface area contributed by atoms with Crippen molar-refractivity contribution in [2.45, 2.75) is 12.8 Å². The average Bonchev–Trinajstić information content (AvgIpc) is 2.81. The average molecular weight is 262 g/mol. The second kappa shape index (κ2) is 5.85. The fraction of sp³-hybridized carbons (Fsp3) is 0.250. The summed E-state index contributed by atoms with van der Waals surface area (Å²) in [5.41, 5.74) is 7.10. The van der Waals surface area contributed by atoms with Gasteiger partial charge in [-0.2, -0.15) is 0 Å². The molecule has 0 amide bonds. The molecule has 0 unspecified atom stereocenters. The number of carboxylic acid groups (broad SMARTS) is 1. The maximum Gasteiger partial charge on any atom is 0.303 e. The van der Waals surface area contributed by atoms with E-state index >= 15 is 0 Å². The number of H-pyrrole nitrogens is 1. The lowest BCUT2D eigenvalue weighted by molar-refractivity contribution is -0.137. The van der Waals surface area contributed by atoms with E-state index in [0.717, 1.165) is 5.56 Å². The molecule has 0 atom stereocenters. The van der Waals surface area contributed by atoms with E-state index in [1.807, 2.05) is 12.1 Å². The lowest BCUT2D eigenvalue weighted by Gasteiger charge is -2.05. The molecule has 2 aromatic rings. The summed E-state index contributed by atoms with van der Waals surface area (Å²) < 4.78 is 5.42. The normalized spacial score (nSPS) is 10.3. The van der Waals surface area contributed by atoms with Crippen molar-refractivity contribution < 1.29 is 14.6 Å². The first-order valence-corrected chi connectivity index (χ1v) is 5.78. The molecule has 2 rings (SSSR count). The molecule has 0 aliphatic rings. The summed E-state index contributed by atoms with van der Waals surface area (Å²) in [6.07, 6.45) is 0.584. The minimum absolute atomic E-state index is 0.105. The molecule has 0 spiro atoms. The fourth-order valence-corrected chi connectivity index (χ4v) is 1.57. The molecule has 0 saturated carbocycles. The molecule has 4 N–H and O–H groups in total. The Bertz CT molecular complexity index is 550. The van der Waals surface area contributed by atoms with Crippen LogP contribution in [-0.2, 0) is 4.79 Å². The van der Waals surface area contributed by atoms with E-state index in [-0.39, 0.29) is 6.42 Å². The van der Waals surface area contributed by atoms with Crippen LogP contribution in [0.3, 0.4) is 0 Å². The van der Waals surface area contributed by atoms with Crippen molar-refractivity contribution in [1.82, 2.24) is 15.4 Å². The number of aliphatic carboxylic acids is 1. The lowest BCUT2D eigenvalue weighted by atomic mass is 10.1. The standard InChI is InChI=1S/C12H14N4O3/c13-12-11(14-16-15-12)8-3-5-9(6-4-8)19-7-1-2-10(17)18/h3-6H,1-2,7H2,(H,17,18)(H3,13,14,15,16). The zero-order valence-electron chi connectivity index (χ0n) is 10.2. The maximum absolute atomic E-state index is 10.3. The zero-order valence-corrected chi connectivity index (χ0v) is 10.2. The van der Waals surface area contributed by atoms with Crippen LogP contribution in [-0.4, -0.2) is 33.1 Å². The zero-order chi connectivity index (χ0) is 13.7. The molecule has 7 heteroatoms. The third kappa shape index (κ3) is 3.44. The van der Waals surface area contributed by atoms with Crippen molar-refractivity contribution in [1.29, 1.82) is 0 Å². The predicted molar refractivity (Wildman–Crippen MR) is 68.6 cm³/mol. The van der Waals surface area contributed by atoms with Crippen molar-refractivity contribution >= 4 is 11.8 Å². The Labute approximate surface area is 109 Å². The van der Waals surface area contributed by atoms with Gasteiger partial charge in [-0.3, -0.25) is 4.79 Å². The molecule has 19 heavy (non-hydrogen) atoms. The maximum atomic E-state index is 10.3. The van der Waals surface area contributed by atoms with Crippen LogP contribution in [0.2, 0.25) is 0 Å². The fourth-order valence-electron chi connectivity index (χ4n) is 1.57. The van der Waals surface area contributed by atoms with Gasteiger partial charge in [-0.15, -0.1) is 5.10 Å². The summed E-state index contributed by atoms with van der Waals surface area (Å²) in [6.45, 7) is 0.373. The van der Waals surface area contributed by atoms with E-state index in [4.69, 9.17) is 15.6 Å². The van der Waals surface area contributed by atoms with Gasteiger partial charge in [0.25, 0.3) is 0 Å². The Kier molecular flexibility index (Phi) is 3.97. The third-order valence-electron chi connectivity index (χ3n) is 2.51. The number of carbonyl (C=O) groups is 1. The number of hydrogen-bond acceptors (Lipinski definition) is 5. The van der Waals surface area contributed by atoms with E-state index in [0.29, 0.717) is 30.3 Å². The number of carboxylic acids is 1. The Morgan fingerprint density at radius 2 is 2.11 bits per heavy atom. The molecule has 0 aliphatic carbocycles. The number of nitrogens with zero attached hydrogens (tertiary/aromatic N) is 2. The highest BCUT2D eigenvalue weighted by Gasteiger charge is 2.06. The summed E-state index contributed by atoms with van der Waals surface area (Å²) in [7, 11) is 0. The van der Waals surface area contributed by atoms with E-state index < -0.39 is 5.97 Å². The number of nitrogen functional groups attached to an aromatic ring is 1. The van der Waals surface area contributed by atoms with Crippen LogP contribution in [0.15, 0.2) is 24.3 Å². The number of hydrogen-bond donors (Lipinski definition) is 3. The number of aromatic nitrogens is 3. The van der Waals surface area contributed by atoms with E-state index in [1.54, 1.807) is 12.1 Å². The Balaban J connectivity index is 1.92. The van der Waals surface area contributed by atoms with Crippen molar-refractivity contribution in [2.75, 3.05) is 12.3 Å². The van der Waals surface area contributed by atoms with Crippen molar-refractivity contribution in [3.8, 4) is 17.0 Å². The van der Waals surface area contributed by atoms with Crippen molar-refractivity contribution in [2.24, 2.45) is 0 Å². The van der Waals surface area contributed by atoms with Gasteiger partial charge in [0.1, 0.15) is 17.3 Å². The molecule has 0 radical (unpaired) electrons. The minimum atomic E-state index is -0.819. The van der Waals surface area contributed by atoms with Gasteiger partial charge < -0.3 is 15.6 Å². The number of aromatic amines is 1. The number of rotatable bonds is 6. The first-order chi connectivity index (χ1) is 9.16. The molecular weight excluding hydrogens is 248 g/mol.